The average Bonchev–Trinajstić information content (AvgIpc) is 3.76. The van der Waals surface area contributed by atoms with Gasteiger partial charge in [-0.15, -0.1) is 18.3 Å². The Kier molecular flexibility index (Phi) is 10.5. The zero-order valence-corrected chi connectivity index (χ0v) is 28.5. The Labute approximate surface area is 282 Å². The molecule has 47 heavy (non-hydrogen) atoms. The fraction of sp³-hybridized carbons (Fsp3) is 0.576. The highest BCUT2D eigenvalue weighted by Gasteiger charge is 2.77. The molecule has 13 nitrogen and oxygen atoms in total. The molecule has 0 radical (unpaired) electrons. The van der Waals surface area contributed by atoms with Gasteiger partial charge in [0.2, 0.25) is 17.7 Å². The number of hydrogen-bond acceptors (Lipinski definition) is 9. The molecular formula is C33H43BrN6O7. The first-order valence-corrected chi connectivity index (χ1v) is 16.9. The van der Waals surface area contributed by atoms with Gasteiger partial charge in [-0.25, -0.2) is 4.68 Å². The molecule has 2 N–H and O–H groups in total. The van der Waals surface area contributed by atoms with Gasteiger partial charge in [-0.1, -0.05) is 59.3 Å². The number of aliphatic hydroxyl groups is 1. The number of hydrogen-bond donors (Lipinski definition) is 2. The standard InChI is InChI=1S/C33H43BrN6O7/c1-6-8-13-25(42)35-16-20(5)46-32(45)26-27-30(43)40(24(17-41)19(3)4)29(33(27)15-21(34)28(26)47-33)31(44)38(14-7-2)18-39-23-12-10-9-11-22(23)36-37-39/h6-7,9-12,19-21,24,26-29,41H,1-2,8,13-18H2,3-5H3,(H,35,42)/t20-,21?,24-,26+,27-,28+,29+,33-/m0/s1. The summed E-state index contributed by atoms with van der Waals surface area (Å²) in [7, 11) is 0. The average molecular weight is 716 g/mol. The predicted molar refractivity (Wildman–Crippen MR) is 176 cm³/mol. The smallest absolute Gasteiger partial charge is 0.312 e. The van der Waals surface area contributed by atoms with Crippen LogP contribution in [0.5, 0.6) is 0 Å². The van der Waals surface area contributed by atoms with E-state index in [9.17, 15) is 24.3 Å². The van der Waals surface area contributed by atoms with Gasteiger partial charge < -0.3 is 29.7 Å². The number of amides is 3. The Morgan fingerprint density at radius 3 is 2.68 bits per heavy atom. The summed E-state index contributed by atoms with van der Waals surface area (Å²) in [4.78, 5) is 57.9. The van der Waals surface area contributed by atoms with Gasteiger partial charge in [-0.3, -0.25) is 19.2 Å². The Morgan fingerprint density at radius 1 is 1.26 bits per heavy atom. The number of para-hydroxylation sites is 1. The minimum atomic E-state index is -1.36. The number of carbonyl (C=O) groups is 4. The van der Waals surface area contributed by atoms with Crippen molar-refractivity contribution in [3.8, 4) is 0 Å². The van der Waals surface area contributed by atoms with Gasteiger partial charge in [0.15, 0.2) is 0 Å². The summed E-state index contributed by atoms with van der Waals surface area (Å²) >= 11 is 3.68. The molecule has 254 valence electrons. The summed E-state index contributed by atoms with van der Waals surface area (Å²) in [5, 5.41) is 21.8. The Bertz CT molecular complexity index is 1530. The number of rotatable bonds is 15. The molecule has 3 amide bonds. The third-order valence-electron chi connectivity index (χ3n) is 9.41. The second-order valence-electron chi connectivity index (χ2n) is 12.9. The summed E-state index contributed by atoms with van der Waals surface area (Å²) in [5.74, 6) is -3.90. The summed E-state index contributed by atoms with van der Waals surface area (Å²) in [6, 6.07) is 5.53. The molecule has 1 unspecified atom stereocenters. The number of fused-ring (bicyclic) bond motifs is 2. The number of carbonyl (C=O) groups excluding carboxylic acids is 4. The van der Waals surface area contributed by atoms with E-state index in [4.69, 9.17) is 9.47 Å². The Morgan fingerprint density at radius 2 is 2.00 bits per heavy atom. The molecule has 5 rings (SSSR count). The number of likely N-dealkylation sites (tertiary alicyclic amines) is 1. The zero-order chi connectivity index (χ0) is 34.0. The van der Waals surface area contributed by atoms with E-state index < -0.39 is 59.5 Å². The maximum atomic E-state index is 14.8. The molecule has 4 heterocycles. The second kappa shape index (κ2) is 14.2. The predicted octanol–water partition coefficient (Wildman–Crippen LogP) is 2.18. The van der Waals surface area contributed by atoms with E-state index >= 15 is 0 Å². The molecule has 8 atom stereocenters. The first-order chi connectivity index (χ1) is 22.5. The van der Waals surface area contributed by atoms with Crippen molar-refractivity contribution in [2.75, 3.05) is 19.7 Å². The zero-order valence-electron chi connectivity index (χ0n) is 27.0. The van der Waals surface area contributed by atoms with Crippen LogP contribution in [0.25, 0.3) is 11.0 Å². The lowest BCUT2D eigenvalue weighted by Crippen LogP contribution is -2.60. The number of nitrogens with one attached hydrogen (secondary N) is 1. The van der Waals surface area contributed by atoms with Crippen LogP contribution in [0.1, 0.15) is 40.0 Å². The summed E-state index contributed by atoms with van der Waals surface area (Å²) < 4.78 is 14.0. The van der Waals surface area contributed by atoms with Crippen LogP contribution in [0.3, 0.4) is 0 Å². The first kappa shape index (κ1) is 34.7. The maximum absolute atomic E-state index is 14.8. The Hall–Kier alpha value is -3.62. The Balaban J connectivity index is 1.47. The van der Waals surface area contributed by atoms with Crippen molar-refractivity contribution < 1.29 is 33.8 Å². The minimum absolute atomic E-state index is 0.0266. The van der Waals surface area contributed by atoms with Crippen molar-refractivity contribution in [2.45, 2.75) is 81.4 Å². The van der Waals surface area contributed by atoms with Crippen LogP contribution in [0.4, 0.5) is 0 Å². The molecule has 2 aromatic rings. The number of aromatic nitrogens is 3. The van der Waals surface area contributed by atoms with Crippen LogP contribution < -0.4 is 5.32 Å². The monoisotopic (exact) mass is 714 g/mol. The van der Waals surface area contributed by atoms with Crippen molar-refractivity contribution in [1.29, 1.82) is 0 Å². The highest BCUT2D eigenvalue weighted by molar-refractivity contribution is 9.09. The molecule has 3 aliphatic heterocycles. The van der Waals surface area contributed by atoms with Crippen LogP contribution in [0, 0.1) is 17.8 Å². The largest absolute Gasteiger partial charge is 0.460 e. The lowest BCUT2D eigenvalue weighted by atomic mass is 9.70. The number of alkyl halides is 1. The maximum Gasteiger partial charge on any atom is 0.312 e. The van der Waals surface area contributed by atoms with E-state index in [1.165, 1.54) is 9.80 Å². The minimum Gasteiger partial charge on any atom is -0.460 e. The van der Waals surface area contributed by atoms with Crippen LogP contribution in [0.15, 0.2) is 49.6 Å². The summed E-state index contributed by atoms with van der Waals surface area (Å²) in [6.07, 6.45) is 2.95. The molecule has 3 aliphatic rings. The van der Waals surface area contributed by atoms with Gasteiger partial charge >= 0.3 is 5.97 Å². The molecule has 0 saturated carbocycles. The quantitative estimate of drug-likeness (QED) is 0.160. The van der Waals surface area contributed by atoms with Crippen molar-refractivity contribution in [1.82, 2.24) is 30.1 Å². The van der Waals surface area contributed by atoms with Crippen molar-refractivity contribution >= 4 is 50.7 Å². The third-order valence-corrected chi connectivity index (χ3v) is 10.3. The second-order valence-corrected chi connectivity index (χ2v) is 14.0. The first-order valence-electron chi connectivity index (χ1n) is 16.0. The fourth-order valence-electron chi connectivity index (χ4n) is 7.22. The van der Waals surface area contributed by atoms with Crippen LogP contribution >= 0.6 is 15.9 Å². The number of allylic oxidation sites excluding steroid dienone is 1. The van der Waals surface area contributed by atoms with Gasteiger partial charge in [0.1, 0.15) is 29.9 Å². The lowest BCUT2D eigenvalue weighted by molar-refractivity contribution is -0.160. The summed E-state index contributed by atoms with van der Waals surface area (Å²) in [5.41, 5.74) is 0.0414. The van der Waals surface area contributed by atoms with E-state index in [2.05, 4.69) is 44.7 Å². The normalized spacial score (nSPS) is 27.5. The molecule has 3 saturated heterocycles. The van der Waals surface area contributed by atoms with E-state index in [1.54, 1.807) is 23.8 Å². The highest BCUT2D eigenvalue weighted by Crippen LogP contribution is 2.61. The molecule has 1 aromatic heterocycles. The van der Waals surface area contributed by atoms with Crippen LogP contribution in [-0.2, 0) is 35.3 Å². The molecule has 2 bridgehead atoms. The van der Waals surface area contributed by atoms with E-state index in [0.29, 0.717) is 18.4 Å². The van der Waals surface area contributed by atoms with Crippen LogP contribution in [0.2, 0.25) is 0 Å². The van der Waals surface area contributed by atoms with Crippen molar-refractivity contribution in [2.24, 2.45) is 17.8 Å². The van der Waals surface area contributed by atoms with E-state index in [1.807, 2.05) is 38.1 Å². The number of ether oxygens (including phenoxy) is 2. The van der Waals surface area contributed by atoms with Crippen LogP contribution in [-0.4, -0.2) is 108 Å². The van der Waals surface area contributed by atoms with Crippen molar-refractivity contribution in [3.05, 3.63) is 49.6 Å². The number of halogens is 1. The molecule has 14 heteroatoms. The molecular weight excluding hydrogens is 672 g/mol. The molecule has 0 aliphatic carbocycles. The SMILES string of the molecule is C=CCCC(=O)NC[C@H](C)OC(=O)[C@H]1[C@@H]2O[C@@]3(CC2Br)[C@@H]1C(=O)N([C@@H](CO)C(C)C)[C@@H]3C(=O)N(CC=C)Cn1nnc2ccccc21. The highest BCUT2D eigenvalue weighted by atomic mass is 79.9. The number of esters is 1. The molecule has 1 aromatic carbocycles. The van der Waals surface area contributed by atoms with Gasteiger partial charge in [0, 0.05) is 17.8 Å². The summed E-state index contributed by atoms with van der Waals surface area (Å²) in [6.45, 7) is 12.7. The topological polar surface area (TPSA) is 156 Å². The van der Waals surface area contributed by atoms with Gasteiger partial charge in [-0.05, 0) is 37.8 Å². The number of aliphatic hydroxyl groups excluding tert-OH is 1. The fourth-order valence-corrected chi connectivity index (χ4v) is 8.16. The molecule has 3 fully saturated rings. The third kappa shape index (κ3) is 6.34. The van der Waals surface area contributed by atoms with Crippen molar-refractivity contribution in [3.63, 3.8) is 0 Å². The van der Waals surface area contributed by atoms with Gasteiger partial charge in [-0.2, -0.15) is 0 Å². The number of benzene rings is 1. The molecule has 1 spiro atoms. The van der Waals surface area contributed by atoms with E-state index in [0.717, 1.165) is 5.52 Å². The van der Waals surface area contributed by atoms with Gasteiger partial charge in [0.25, 0.3) is 0 Å². The lowest BCUT2D eigenvalue weighted by Gasteiger charge is -2.40. The number of nitrogens with zero attached hydrogens (tertiary/aromatic N) is 5. The van der Waals surface area contributed by atoms with Gasteiger partial charge in [0.05, 0.1) is 42.6 Å². The van der Waals surface area contributed by atoms with E-state index in [-0.39, 0.29) is 49.4 Å².